The van der Waals surface area contributed by atoms with Crippen LogP contribution in [0.3, 0.4) is 0 Å². The Bertz CT molecular complexity index is 1120. The molecule has 0 saturated carbocycles. The van der Waals surface area contributed by atoms with Crippen molar-refractivity contribution < 1.29 is 9.21 Å². The normalized spacial score (nSPS) is 21.6. The summed E-state index contributed by atoms with van der Waals surface area (Å²) in [5.74, 6) is 0.934. The molecule has 136 valence electrons. The van der Waals surface area contributed by atoms with E-state index in [0.717, 1.165) is 17.0 Å². The van der Waals surface area contributed by atoms with E-state index in [2.05, 4.69) is 15.5 Å². The number of nitrogens with one attached hydrogen (secondary N) is 3. The van der Waals surface area contributed by atoms with Crippen LogP contribution in [0.15, 0.2) is 63.1 Å². The van der Waals surface area contributed by atoms with Crippen molar-refractivity contribution in [3.05, 3.63) is 86.2 Å². The molecule has 0 amide bonds. The van der Waals surface area contributed by atoms with E-state index in [0.29, 0.717) is 34.8 Å². The molecule has 1 aliphatic carbocycles. The van der Waals surface area contributed by atoms with Crippen LogP contribution in [0.1, 0.15) is 41.6 Å². The zero-order valence-corrected chi connectivity index (χ0v) is 15.0. The molecule has 1 aliphatic heterocycles. The summed E-state index contributed by atoms with van der Waals surface area (Å²) < 4.78 is 5.52. The number of hydrogen-bond donors (Lipinski definition) is 3. The summed E-state index contributed by atoms with van der Waals surface area (Å²) in [6.07, 6.45) is 2.61. The lowest BCUT2D eigenvalue weighted by Gasteiger charge is -2.33. The van der Waals surface area contributed by atoms with Gasteiger partial charge >= 0.3 is 0 Å². The number of anilines is 1. The Balaban J connectivity index is 1.67. The molecule has 0 spiro atoms. The number of Topliss-reactive ketones (excluding diaryl/α,β-unsaturated/α-hetero) is 1. The lowest BCUT2D eigenvalue weighted by molar-refractivity contribution is -0.116. The third-order valence-electron chi connectivity index (χ3n) is 5.30. The van der Waals surface area contributed by atoms with Crippen LogP contribution in [0.4, 0.5) is 5.82 Å². The highest BCUT2D eigenvalue weighted by Gasteiger charge is 2.40. The highest BCUT2D eigenvalue weighted by Crippen LogP contribution is 2.46. The summed E-state index contributed by atoms with van der Waals surface area (Å²) in [7, 11) is 0. The number of ketones is 1. The van der Waals surface area contributed by atoms with E-state index in [9.17, 15) is 9.59 Å². The summed E-state index contributed by atoms with van der Waals surface area (Å²) >= 11 is 6.18. The first-order valence-electron chi connectivity index (χ1n) is 8.74. The number of aromatic nitrogens is 2. The molecule has 5 rings (SSSR count). The van der Waals surface area contributed by atoms with Gasteiger partial charge < -0.3 is 9.73 Å². The first-order chi connectivity index (χ1) is 13.1. The van der Waals surface area contributed by atoms with E-state index in [1.165, 1.54) is 0 Å². The van der Waals surface area contributed by atoms with Crippen LogP contribution in [-0.2, 0) is 4.79 Å². The van der Waals surface area contributed by atoms with E-state index in [1.807, 2.05) is 30.3 Å². The van der Waals surface area contributed by atoms with E-state index in [4.69, 9.17) is 16.0 Å². The van der Waals surface area contributed by atoms with Gasteiger partial charge in [0, 0.05) is 34.5 Å². The van der Waals surface area contributed by atoms with Gasteiger partial charge in [0.25, 0.3) is 5.56 Å². The predicted molar refractivity (Wildman–Crippen MR) is 101 cm³/mol. The molecule has 2 atom stereocenters. The average Bonchev–Trinajstić information content (AvgIpc) is 3.30. The Morgan fingerprint density at radius 1 is 1.07 bits per heavy atom. The second kappa shape index (κ2) is 6.03. The van der Waals surface area contributed by atoms with Crippen LogP contribution in [0.2, 0.25) is 5.02 Å². The third kappa shape index (κ3) is 2.56. The van der Waals surface area contributed by atoms with Crippen LogP contribution in [0.5, 0.6) is 0 Å². The van der Waals surface area contributed by atoms with Crippen molar-refractivity contribution in [3.63, 3.8) is 0 Å². The molecule has 0 saturated heterocycles. The number of H-pyrrole nitrogens is 2. The number of allylic oxidation sites excluding steroid dienone is 2. The largest absolute Gasteiger partial charge is 0.469 e. The number of fused-ring (bicyclic) bond motifs is 1. The molecule has 6 nitrogen and oxygen atoms in total. The van der Waals surface area contributed by atoms with E-state index < -0.39 is 5.92 Å². The average molecular weight is 382 g/mol. The van der Waals surface area contributed by atoms with Crippen molar-refractivity contribution in [1.29, 1.82) is 0 Å². The number of carbonyl (C=O) groups excluding carboxylic acids is 1. The lowest BCUT2D eigenvalue weighted by Crippen LogP contribution is -2.31. The zero-order valence-electron chi connectivity index (χ0n) is 14.2. The summed E-state index contributed by atoms with van der Waals surface area (Å²) in [5, 5.41) is 9.33. The minimum absolute atomic E-state index is 0.0152. The maximum Gasteiger partial charge on any atom is 0.270 e. The Labute approximate surface area is 159 Å². The highest BCUT2D eigenvalue weighted by molar-refractivity contribution is 6.30. The Morgan fingerprint density at radius 3 is 2.74 bits per heavy atom. The number of hydrogen-bond acceptors (Lipinski definition) is 4. The predicted octanol–water partition coefficient (Wildman–Crippen LogP) is 3.91. The van der Waals surface area contributed by atoms with Crippen molar-refractivity contribution in [1.82, 2.24) is 10.2 Å². The van der Waals surface area contributed by atoms with Gasteiger partial charge in [0.05, 0.1) is 11.8 Å². The topological polar surface area (TPSA) is 90.9 Å². The summed E-state index contributed by atoms with van der Waals surface area (Å²) in [6, 6.07) is 11.0. The standard InChI is InChI=1S/C20H16ClN3O3/c21-12-4-1-3-10(7-12)16-17-13(22-19-18(16)20(26)24-23-19)8-11(9-14(17)25)15-5-2-6-27-15/h1-7,11,16H,8-9H2,(H3,22,23,24,26). The molecule has 3 heterocycles. The van der Waals surface area contributed by atoms with Gasteiger partial charge in [-0.1, -0.05) is 23.7 Å². The molecule has 1 aromatic carbocycles. The number of aromatic amines is 2. The first kappa shape index (κ1) is 16.2. The first-order valence-corrected chi connectivity index (χ1v) is 9.12. The van der Waals surface area contributed by atoms with Crippen LogP contribution < -0.4 is 10.9 Å². The fourth-order valence-corrected chi connectivity index (χ4v) is 4.36. The monoisotopic (exact) mass is 381 g/mol. The van der Waals surface area contributed by atoms with Gasteiger partial charge in [-0.15, -0.1) is 0 Å². The summed E-state index contributed by atoms with van der Waals surface area (Å²) in [5.41, 5.74) is 2.56. The van der Waals surface area contributed by atoms with Crippen molar-refractivity contribution in [3.8, 4) is 0 Å². The quantitative estimate of drug-likeness (QED) is 0.627. The Kier molecular flexibility index (Phi) is 3.62. The maximum atomic E-state index is 13.2. The van der Waals surface area contributed by atoms with Gasteiger partial charge in [0.2, 0.25) is 0 Å². The number of halogens is 1. The molecular weight excluding hydrogens is 366 g/mol. The fraction of sp³-hybridized carbons (Fsp3) is 0.200. The molecule has 0 radical (unpaired) electrons. The minimum Gasteiger partial charge on any atom is -0.469 e. The molecule has 3 N–H and O–H groups in total. The number of benzene rings is 1. The molecule has 0 bridgehead atoms. The van der Waals surface area contributed by atoms with E-state index in [-0.39, 0.29) is 17.3 Å². The van der Waals surface area contributed by atoms with Gasteiger partial charge in [-0.05, 0) is 36.2 Å². The van der Waals surface area contributed by atoms with Crippen LogP contribution in [0.25, 0.3) is 0 Å². The summed E-state index contributed by atoms with van der Waals surface area (Å²) in [4.78, 5) is 25.6. The molecule has 2 unspecified atom stereocenters. The molecular formula is C20H16ClN3O3. The van der Waals surface area contributed by atoms with Gasteiger partial charge in [-0.2, -0.15) is 0 Å². The molecule has 2 aliphatic rings. The minimum atomic E-state index is -0.449. The summed E-state index contributed by atoms with van der Waals surface area (Å²) in [6.45, 7) is 0. The lowest BCUT2D eigenvalue weighted by atomic mass is 9.74. The van der Waals surface area contributed by atoms with Crippen LogP contribution in [0, 0.1) is 0 Å². The smallest absolute Gasteiger partial charge is 0.270 e. The maximum absolute atomic E-state index is 13.2. The third-order valence-corrected chi connectivity index (χ3v) is 5.54. The van der Waals surface area contributed by atoms with Gasteiger partial charge in [-0.3, -0.25) is 19.8 Å². The van der Waals surface area contributed by atoms with Crippen molar-refractivity contribution in [2.45, 2.75) is 24.7 Å². The Hall–Kier alpha value is -2.99. The van der Waals surface area contributed by atoms with Crippen LogP contribution in [-0.4, -0.2) is 16.0 Å². The fourth-order valence-electron chi connectivity index (χ4n) is 4.17. The number of carbonyl (C=O) groups is 1. The molecule has 2 aromatic heterocycles. The molecule has 27 heavy (non-hydrogen) atoms. The second-order valence-electron chi connectivity index (χ2n) is 6.92. The van der Waals surface area contributed by atoms with E-state index >= 15 is 0 Å². The van der Waals surface area contributed by atoms with Gasteiger partial charge in [0.15, 0.2) is 5.78 Å². The molecule has 7 heteroatoms. The van der Waals surface area contributed by atoms with Crippen molar-refractivity contribution in [2.24, 2.45) is 0 Å². The zero-order chi connectivity index (χ0) is 18.5. The van der Waals surface area contributed by atoms with Crippen molar-refractivity contribution >= 4 is 23.2 Å². The molecule has 3 aromatic rings. The molecule has 0 fully saturated rings. The van der Waals surface area contributed by atoms with Gasteiger partial charge in [0.1, 0.15) is 11.6 Å². The van der Waals surface area contributed by atoms with Gasteiger partial charge in [-0.25, -0.2) is 0 Å². The number of rotatable bonds is 2. The second-order valence-corrected chi connectivity index (χ2v) is 7.35. The van der Waals surface area contributed by atoms with Crippen molar-refractivity contribution in [2.75, 3.05) is 5.32 Å². The highest BCUT2D eigenvalue weighted by atomic mass is 35.5. The van der Waals surface area contributed by atoms with E-state index in [1.54, 1.807) is 12.3 Å². The number of furan rings is 1. The van der Waals surface area contributed by atoms with Crippen LogP contribution >= 0.6 is 11.6 Å². The SMILES string of the molecule is O=C1CC(c2ccco2)CC2=C1C(c1cccc(Cl)c1)c1c([nH][nH]c1=O)N2. The Morgan fingerprint density at radius 2 is 1.96 bits per heavy atom.